The molecule has 0 bridgehead atoms. The van der Waals surface area contributed by atoms with Crippen LogP contribution in [-0.2, 0) is 5.41 Å². The van der Waals surface area contributed by atoms with Gasteiger partial charge in [-0.3, -0.25) is 4.99 Å². The molecule has 0 aliphatic carbocycles. The van der Waals surface area contributed by atoms with E-state index in [2.05, 4.69) is 66.1 Å². The maximum absolute atomic E-state index is 4.24. The second-order valence-electron chi connectivity index (χ2n) is 5.10. The third kappa shape index (κ3) is 5.55. The molecular formula is C15H25N3S. The average Bonchev–Trinajstić information content (AvgIpc) is 2.43. The van der Waals surface area contributed by atoms with Crippen molar-refractivity contribution >= 4 is 17.7 Å². The number of thioether (sulfide) groups is 1. The Kier molecular flexibility index (Phi) is 6.78. The zero-order valence-electron chi connectivity index (χ0n) is 12.4. The second kappa shape index (κ2) is 8.10. The number of nitrogens with zero attached hydrogens (tertiary/aromatic N) is 1. The first kappa shape index (κ1) is 15.9. The summed E-state index contributed by atoms with van der Waals surface area (Å²) in [6.45, 7) is 6.28. The fourth-order valence-corrected chi connectivity index (χ4v) is 2.09. The maximum atomic E-state index is 4.24. The number of hydrogen-bond acceptors (Lipinski definition) is 2. The van der Waals surface area contributed by atoms with Crippen molar-refractivity contribution in [2.75, 3.05) is 32.1 Å². The van der Waals surface area contributed by atoms with Crippen molar-refractivity contribution in [2.24, 2.45) is 4.99 Å². The van der Waals surface area contributed by atoms with Crippen molar-refractivity contribution in [3.8, 4) is 0 Å². The van der Waals surface area contributed by atoms with Gasteiger partial charge >= 0.3 is 0 Å². The molecule has 0 fully saturated rings. The Morgan fingerprint density at radius 2 is 1.89 bits per heavy atom. The zero-order valence-corrected chi connectivity index (χ0v) is 13.2. The molecule has 0 unspecified atom stereocenters. The minimum Gasteiger partial charge on any atom is -0.356 e. The third-order valence-corrected chi connectivity index (χ3v) is 3.69. The van der Waals surface area contributed by atoms with Gasteiger partial charge < -0.3 is 10.6 Å². The Morgan fingerprint density at radius 1 is 1.21 bits per heavy atom. The van der Waals surface area contributed by atoms with Gasteiger partial charge in [0.25, 0.3) is 0 Å². The highest BCUT2D eigenvalue weighted by atomic mass is 32.2. The Bertz CT molecular complexity index is 388. The number of aliphatic imine (C=N–C) groups is 1. The largest absolute Gasteiger partial charge is 0.356 e. The highest BCUT2D eigenvalue weighted by Gasteiger charge is 2.20. The number of rotatable bonds is 6. The SMILES string of the molecule is CN=C(NCCSC)NCC(C)(C)c1ccccc1. The zero-order chi connectivity index (χ0) is 14.1. The molecule has 0 atom stereocenters. The van der Waals surface area contributed by atoms with E-state index >= 15 is 0 Å². The number of guanidine groups is 1. The van der Waals surface area contributed by atoms with E-state index in [1.807, 2.05) is 18.8 Å². The molecule has 0 aliphatic heterocycles. The van der Waals surface area contributed by atoms with E-state index in [1.54, 1.807) is 0 Å². The first-order valence-electron chi connectivity index (χ1n) is 6.59. The maximum Gasteiger partial charge on any atom is 0.191 e. The molecule has 1 aromatic rings. The predicted octanol–water partition coefficient (Wildman–Crippen LogP) is 2.49. The summed E-state index contributed by atoms with van der Waals surface area (Å²) in [5.74, 6) is 1.96. The molecule has 0 saturated carbocycles. The van der Waals surface area contributed by atoms with Crippen LogP contribution in [0.25, 0.3) is 0 Å². The van der Waals surface area contributed by atoms with Crippen molar-refractivity contribution in [2.45, 2.75) is 19.3 Å². The second-order valence-corrected chi connectivity index (χ2v) is 6.08. The summed E-state index contributed by atoms with van der Waals surface area (Å²) in [6, 6.07) is 10.6. The van der Waals surface area contributed by atoms with Gasteiger partial charge in [0.1, 0.15) is 0 Å². The summed E-state index contributed by atoms with van der Waals surface area (Å²) in [5, 5.41) is 6.71. The molecule has 0 saturated heterocycles. The molecule has 3 nitrogen and oxygen atoms in total. The van der Waals surface area contributed by atoms with E-state index in [0.717, 1.165) is 24.8 Å². The van der Waals surface area contributed by atoms with Crippen LogP contribution in [0.3, 0.4) is 0 Å². The Balaban J connectivity index is 2.50. The lowest BCUT2D eigenvalue weighted by Gasteiger charge is -2.26. The number of hydrogen-bond donors (Lipinski definition) is 2. The number of benzene rings is 1. The first-order valence-corrected chi connectivity index (χ1v) is 7.98. The van der Waals surface area contributed by atoms with Crippen LogP contribution in [0, 0.1) is 0 Å². The minimum atomic E-state index is 0.0817. The van der Waals surface area contributed by atoms with Crippen LogP contribution in [0.5, 0.6) is 0 Å². The van der Waals surface area contributed by atoms with Crippen molar-refractivity contribution in [1.82, 2.24) is 10.6 Å². The summed E-state index contributed by atoms with van der Waals surface area (Å²) in [7, 11) is 1.81. The smallest absolute Gasteiger partial charge is 0.191 e. The van der Waals surface area contributed by atoms with E-state index in [4.69, 9.17) is 0 Å². The molecule has 2 N–H and O–H groups in total. The van der Waals surface area contributed by atoms with E-state index < -0.39 is 0 Å². The van der Waals surface area contributed by atoms with Gasteiger partial charge in [-0.15, -0.1) is 0 Å². The Morgan fingerprint density at radius 3 is 2.47 bits per heavy atom. The summed E-state index contributed by atoms with van der Waals surface area (Å²) in [6.07, 6.45) is 2.11. The lowest BCUT2D eigenvalue weighted by molar-refractivity contribution is 0.509. The lowest BCUT2D eigenvalue weighted by Crippen LogP contribution is -2.44. The van der Waals surface area contributed by atoms with Gasteiger partial charge in [-0.25, -0.2) is 0 Å². The van der Waals surface area contributed by atoms with Gasteiger partial charge in [-0.05, 0) is 11.8 Å². The average molecular weight is 279 g/mol. The third-order valence-electron chi connectivity index (χ3n) is 3.08. The van der Waals surface area contributed by atoms with Gasteiger partial charge in [-0.2, -0.15) is 11.8 Å². The summed E-state index contributed by atoms with van der Waals surface area (Å²) >= 11 is 1.83. The highest BCUT2D eigenvalue weighted by molar-refractivity contribution is 7.98. The Labute approximate surface area is 121 Å². The summed E-state index contributed by atoms with van der Waals surface area (Å²) < 4.78 is 0. The fraction of sp³-hybridized carbons (Fsp3) is 0.533. The first-order chi connectivity index (χ1) is 9.10. The molecule has 0 radical (unpaired) electrons. The molecule has 0 heterocycles. The van der Waals surface area contributed by atoms with E-state index in [1.165, 1.54) is 5.56 Å². The van der Waals surface area contributed by atoms with Crippen LogP contribution in [-0.4, -0.2) is 38.1 Å². The lowest BCUT2D eigenvalue weighted by atomic mass is 9.85. The molecule has 1 rings (SSSR count). The minimum absolute atomic E-state index is 0.0817. The molecular weight excluding hydrogens is 254 g/mol. The molecule has 19 heavy (non-hydrogen) atoms. The van der Waals surface area contributed by atoms with E-state index in [0.29, 0.717) is 0 Å². The van der Waals surface area contributed by atoms with Crippen LogP contribution in [0.1, 0.15) is 19.4 Å². The Hall–Kier alpha value is -1.16. The highest BCUT2D eigenvalue weighted by Crippen LogP contribution is 2.21. The van der Waals surface area contributed by atoms with Crippen LogP contribution in [0.2, 0.25) is 0 Å². The van der Waals surface area contributed by atoms with E-state index in [-0.39, 0.29) is 5.41 Å². The standard InChI is InChI=1S/C15H25N3S/c1-15(2,13-8-6-5-7-9-13)12-18-14(16-3)17-10-11-19-4/h5-9H,10-12H2,1-4H3,(H2,16,17,18). The van der Waals surface area contributed by atoms with Gasteiger partial charge in [-0.1, -0.05) is 44.2 Å². The van der Waals surface area contributed by atoms with Gasteiger partial charge in [0, 0.05) is 31.3 Å². The molecule has 0 amide bonds. The van der Waals surface area contributed by atoms with Gasteiger partial charge in [0.15, 0.2) is 5.96 Å². The van der Waals surface area contributed by atoms with Crippen molar-refractivity contribution in [3.63, 3.8) is 0 Å². The van der Waals surface area contributed by atoms with Crippen LogP contribution in [0.15, 0.2) is 35.3 Å². The molecule has 106 valence electrons. The topological polar surface area (TPSA) is 36.4 Å². The van der Waals surface area contributed by atoms with Crippen LogP contribution >= 0.6 is 11.8 Å². The van der Waals surface area contributed by atoms with Crippen LogP contribution < -0.4 is 10.6 Å². The molecule has 4 heteroatoms. The fourth-order valence-electron chi connectivity index (χ4n) is 1.79. The van der Waals surface area contributed by atoms with Crippen molar-refractivity contribution in [3.05, 3.63) is 35.9 Å². The molecule has 0 aliphatic rings. The monoisotopic (exact) mass is 279 g/mol. The number of nitrogens with one attached hydrogen (secondary N) is 2. The molecule has 1 aromatic carbocycles. The van der Waals surface area contributed by atoms with E-state index in [9.17, 15) is 0 Å². The van der Waals surface area contributed by atoms with Crippen LogP contribution in [0.4, 0.5) is 0 Å². The van der Waals surface area contributed by atoms with Crippen molar-refractivity contribution < 1.29 is 0 Å². The van der Waals surface area contributed by atoms with Crippen molar-refractivity contribution in [1.29, 1.82) is 0 Å². The quantitative estimate of drug-likeness (QED) is 0.477. The molecule has 0 aromatic heterocycles. The normalized spacial score (nSPS) is 12.3. The van der Waals surface area contributed by atoms with Gasteiger partial charge in [0.2, 0.25) is 0 Å². The summed E-state index contributed by atoms with van der Waals surface area (Å²) in [5.41, 5.74) is 1.42. The van der Waals surface area contributed by atoms with Gasteiger partial charge in [0.05, 0.1) is 0 Å². The predicted molar refractivity (Wildman–Crippen MR) is 87.2 cm³/mol. The summed E-state index contributed by atoms with van der Waals surface area (Å²) in [4.78, 5) is 4.24. The molecule has 0 spiro atoms.